The molecule has 0 amide bonds. The molecule has 1 aromatic rings. The predicted molar refractivity (Wildman–Crippen MR) is 81.2 cm³/mol. The number of ether oxygens (including phenoxy) is 3. The zero-order valence-corrected chi connectivity index (χ0v) is 13.6. The van der Waals surface area contributed by atoms with Crippen molar-refractivity contribution in [1.82, 2.24) is 9.55 Å². The van der Waals surface area contributed by atoms with Gasteiger partial charge in [-0.05, 0) is 19.9 Å². The molecule has 9 heteroatoms. The number of hydrogen-bond acceptors (Lipinski definition) is 8. The van der Waals surface area contributed by atoms with Gasteiger partial charge in [0.1, 0.15) is 30.9 Å². The minimum absolute atomic E-state index is 0.00487. The Morgan fingerprint density at radius 1 is 1.50 bits per heavy atom. The van der Waals surface area contributed by atoms with E-state index in [0.29, 0.717) is 5.69 Å². The summed E-state index contributed by atoms with van der Waals surface area (Å²) in [4.78, 5) is 26.7. The Bertz CT molecular complexity index is 618. The van der Waals surface area contributed by atoms with E-state index in [2.05, 4.69) is 4.98 Å². The Morgan fingerprint density at radius 3 is 2.88 bits per heavy atom. The number of rotatable bonds is 8. The topological polar surface area (TPSA) is 120 Å². The number of Topliss-reactive ketones (excluding diaryl/α,β-unsaturated/α-hetero) is 1. The number of aliphatic hydroxyl groups excluding tert-OH is 2. The molecular weight excluding hydrogens is 320 g/mol. The van der Waals surface area contributed by atoms with Gasteiger partial charge in [0, 0.05) is 18.3 Å². The molecule has 1 aliphatic rings. The van der Waals surface area contributed by atoms with Crippen LogP contribution in [0.1, 0.15) is 25.3 Å². The van der Waals surface area contributed by atoms with Crippen LogP contribution in [0.5, 0.6) is 0 Å². The smallest absolute Gasteiger partial charge is 0.349 e. The lowest BCUT2D eigenvalue weighted by molar-refractivity contribution is -0.142. The van der Waals surface area contributed by atoms with Crippen molar-refractivity contribution in [2.45, 2.75) is 44.8 Å². The highest BCUT2D eigenvalue weighted by atomic mass is 16.7. The summed E-state index contributed by atoms with van der Waals surface area (Å²) in [5.74, 6) is -0.00487. The van der Waals surface area contributed by atoms with Gasteiger partial charge in [-0.2, -0.15) is 4.98 Å². The first-order valence-corrected chi connectivity index (χ1v) is 7.63. The lowest BCUT2D eigenvalue weighted by Crippen LogP contribution is -2.38. The molecule has 4 atom stereocenters. The van der Waals surface area contributed by atoms with E-state index in [-0.39, 0.29) is 25.6 Å². The number of aromatic nitrogens is 2. The molecule has 24 heavy (non-hydrogen) atoms. The van der Waals surface area contributed by atoms with Crippen LogP contribution < -0.4 is 5.69 Å². The van der Waals surface area contributed by atoms with Gasteiger partial charge in [0.15, 0.2) is 6.23 Å². The molecule has 9 nitrogen and oxygen atoms in total. The van der Waals surface area contributed by atoms with Gasteiger partial charge in [0.25, 0.3) is 0 Å². The fourth-order valence-electron chi connectivity index (χ4n) is 2.37. The maximum absolute atomic E-state index is 12.0. The summed E-state index contributed by atoms with van der Waals surface area (Å²) < 4.78 is 17.4. The Labute approximate surface area is 138 Å². The summed E-state index contributed by atoms with van der Waals surface area (Å²) in [6.45, 7) is 2.73. The van der Waals surface area contributed by atoms with Crippen molar-refractivity contribution in [2.75, 3.05) is 20.0 Å². The van der Waals surface area contributed by atoms with Gasteiger partial charge in [-0.1, -0.05) is 0 Å². The van der Waals surface area contributed by atoms with Crippen LogP contribution in [0.25, 0.3) is 0 Å². The van der Waals surface area contributed by atoms with E-state index in [1.807, 2.05) is 0 Å². The molecule has 0 saturated carbocycles. The lowest BCUT2D eigenvalue weighted by Gasteiger charge is -2.22. The maximum Gasteiger partial charge on any atom is 0.349 e. The molecule has 2 N–H and O–H groups in total. The van der Waals surface area contributed by atoms with Gasteiger partial charge < -0.3 is 24.4 Å². The zero-order chi connectivity index (χ0) is 17.7. The summed E-state index contributed by atoms with van der Waals surface area (Å²) in [6, 6.07) is 1.63. The monoisotopic (exact) mass is 342 g/mol. The van der Waals surface area contributed by atoms with Crippen LogP contribution in [-0.4, -0.2) is 63.9 Å². The first kappa shape index (κ1) is 18.7. The van der Waals surface area contributed by atoms with E-state index < -0.39 is 36.8 Å². The molecule has 1 saturated heterocycles. The maximum atomic E-state index is 12.0. The van der Waals surface area contributed by atoms with Gasteiger partial charge in [0.05, 0.1) is 13.2 Å². The number of hydrogen-bond donors (Lipinski definition) is 2. The first-order valence-electron chi connectivity index (χ1n) is 7.63. The lowest BCUT2D eigenvalue weighted by atomic mass is 10.1. The third kappa shape index (κ3) is 4.46. The van der Waals surface area contributed by atoms with Crippen molar-refractivity contribution in [3.8, 4) is 0 Å². The molecule has 1 unspecified atom stereocenters. The Morgan fingerprint density at radius 2 is 2.25 bits per heavy atom. The second-order valence-electron chi connectivity index (χ2n) is 5.61. The highest BCUT2D eigenvalue weighted by molar-refractivity contribution is 5.75. The van der Waals surface area contributed by atoms with E-state index in [4.69, 9.17) is 14.2 Å². The van der Waals surface area contributed by atoms with Crippen molar-refractivity contribution < 1.29 is 29.2 Å². The Hall–Kier alpha value is -1.65. The number of carbonyl (C=O) groups is 1. The van der Waals surface area contributed by atoms with Gasteiger partial charge in [0.2, 0.25) is 0 Å². The standard InChI is InChI=1S/C15H22N2O7/c1-9-3-5-17(15(21)16-9)14-13(12(20)11(7-18)24-14)23-8-22-6-4-10(2)19/h3,5,11-14,18,20H,4,6-8H2,1-2H3/t11-,12?,13+,14-/m1/s1. The van der Waals surface area contributed by atoms with Crippen molar-refractivity contribution in [2.24, 2.45) is 0 Å². The van der Waals surface area contributed by atoms with Crippen LogP contribution in [-0.2, 0) is 19.0 Å². The predicted octanol–water partition coefficient (Wildman–Crippen LogP) is -0.859. The van der Waals surface area contributed by atoms with E-state index in [0.717, 1.165) is 0 Å². The summed E-state index contributed by atoms with van der Waals surface area (Å²) in [5.41, 5.74) is 0.00965. The molecule has 0 bridgehead atoms. The molecule has 0 aromatic carbocycles. The molecule has 0 radical (unpaired) electrons. The van der Waals surface area contributed by atoms with Gasteiger partial charge in [-0.15, -0.1) is 0 Å². The van der Waals surface area contributed by atoms with Gasteiger partial charge in [-0.3, -0.25) is 9.36 Å². The highest BCUT2D eigenvalue weighted by Crippen LogP contribution is 2.30. The quantitative estimate of drug-likeness (QED) is 0.463. The fraction of sp³-hybridized carbons (Fsp3) is 0.667. The summed E-state index contributed by atoms with van der Waals surface area (Å²) in [7, 11) is 0. The second kappa shape index (κ2) is 8.45. The van der Waals surface area contributed by atoms with Crippen molar-refractivity contribution in [3.63, 3.8) is 0 Å². The summed E-state index contributed by atoms with van der Waals surface area (Å²) in [6.07, 6.45) is -2.11. The minimum atomic E-state index is -1.13. The molecule has 0 spiro atoms. The van der Waals surface area contributed by atoms with Crippen LogP contribution in [0.2, 0.25) is 0 Å². The second-order valence-corrected chi connectivity index (χ2v) is 5.61. The SMILES string of the molecule is CC(=O)CCOCO[C@H]1C(O)[C@@H](CO)O[C@H]1n1ccc(C)nc1=O. The fourth-order valence-corrected chi connectivity index (χ4v) is 2.37. The molecular formula is C15H22N2O7. The van der Waals surface area contributed by atoms with Crippen LogP contribution in [0.4, 0.5) is 0 Å². The molecule has 1 fully saturated rings. The molecule has 134 valence electrons. The molecule has 0 aliphatic carbocycles. The average Bonchev–Trinajstić information content (AvgIpc) is 2.83. The Balaban J connectivity index is 2.06. The van der Waals surface area contributed by atoms with Crippen LogP contribution in [0.3, 0.4) is 0 Å². The normalized spacial score (nSPS) is 26.7. The van der Waals surface area contributed by atoms with E-state index in [9.17, 15) is 19.8 Å². The third-order valence-corrected chi connectivity index (χ3v) is 3.68. The molecule has 1 aliphatic heterocycles. The van der Waals surface area contributed by atoms with Gasteiger partial charge in [-0.25, -0.2) is 4.79 Å². The number of aliphatic hydroxyl groups is 2. The number of ketones is 1. The van der Waals surface area contributed by atoms with Crippen molar-refractivity contribution in [3.05, 3.63) is 28.4 Å². The summed E-state index contributed by atoms with van der Waals surface area (Å²) >= 11 is 0. The number of aryl methyl sites for hydroxylation is 1. The first-order chi connectivity index (χ1) is 11.4. The minimum Gasteiger partial charge on any atom is -0.394 e. The van der Waals surface area contributed by atoms with E-state index >= 15 is 0 Å². The number of nitrogens with zero attached hydrogens (tertiary/aromatic N) is 2. The highest BCUT2D eigenvalue weighted by Gasteiger charge is 2.45. The average molecular weight is 342 g/mol. The summed E-state index contributed by atoms with van der Waals surface area (Å²) in [5, 5.41) is 19.5. The Kier molecular flexibility index (Phi) is 6.58. The van der Waals surface area contributed by atoms with Crippen LogP contribution in [0, 0.1) is 6.92 Å². The third-order valence-electron chi connectivity index (χ3n) is 3.68. The largest absolute Gasteiger partial charge is 0.394 e. The molecule has 2 rings (SSSR count). The van der Waals surface area contributed by atoms with Crippen LogP contribution >= 0.6 is 0 Å². The van der Waals surface area contributed by atoms with Gasteiger partial charge >= 0.3 is 5.69 Å². The van der Waals surface area contributed by atoms with Crippen LogP contribution in [0.15, 0.2) is 17.1 Å². The zero-order valence-electron chi connectivity index (χ0n) is 13.6. The number of carbonyl (C=O) groups excluding carboxylic acids is 1. The van der Waals surface area contributed by atoms with E-state index in [1.54, 1.807) is 13.0 Å². The van der Waals surface area contributed by atoms with Crippen molar-refractivity contribution >= 4 is 5.78 Å². The van der Waals surface area contributed by atoms with Crippen molar-refractivity contribution in [1.29, 1.82) is 0 Å². The molecule has 2 heterocycles. The van der Waals surface area contributed by atoms with E-state index in [1.165, 1.54) is 17.7 Å². The molecule has 1 aromatic heterocycles.